The maximum atomic E-state index is 12.7. The quantitative estimate of drug-likeness (QED) is 0.428. The van der Waals surface area contributed by atoms with E-state index in [-0.39, 0.29) is 5.91 Å². The van der Waals surface area contributed by atoms with Gasteiger partial charge in [-0.15, -0.1) is 0 Å². The van der Waals surface area contributed by atoms with Crippen LogP contribution in [0, 0.1) is 0 Å². The highest BCUT2D eigenvalue weighted by atomic mass is 19.4. The first-order valence-electron chi connectivity index (χ1n) is 12.1. The summed E-state index contributed by atoms with van der Waals surface area (Å²) in [6.07, 6.45) is -8.52. The molecule has 1 aromatic carbocycles. The number of carboxylic acids is 2. The summed E-state index contributed by atoms with van der Waals surface area (Å²) in [5.74, 6) is -5.31. The minimum atomic E-state index is -5.08. The number of aromatic amines is 1. The molecule has 3 rings (SSSR count). The Balaban J connectivity index is 0.000000497. The molecule has 0 unspecified atom stereocenters. The van der Waals surface area contributed by atoms with Crippen molar-refractivity contribution in [3.8, 4) is 11.3 Å². The molecular formula is C25H32F6N4O6. The Morgan fingerprint density at radius 1 is 1.05 bits per heavy atom. The number of carbonyl (C=O) groups is 3. The molecule has 16 heteroatoms. The Morgan fingerprint density at radius 3 is 2.07 bits per heavy atom. The fourth-order valence-electron chi connectivity index (χ4n) is 3.44. The molecule has 1 amide bonds. The van der Waals surface area contributed by atoms with Crippen LogP contribution in [0.1, 0.15) is 30.7 Å². The van der Waals surface area contributed by atoms with Gasteiger partial charge in [0.25, 0.3) is 0 Å². The van der Waals surface area contributed by atoms with E-state index in [2.05, 4.69) is 47.1 Å². The summed E-state index contributed by atoms with van der Waals surface area (Å²) in [5.41, 5.74) is 5.61. The average molecular weight is 599 g/mol. The molecule has 0 fully saturated rings. The molecule has 0 spiro atoms. The number of likely N-dealkylation sites (N-methyl/N-ethyl adjacent to an activating group) is 1. The van der Waals surface area contributed by atoms with Gasteiger partial charge >= 0.3 is 24.3 Å². The SMILES string of the molecule is COCc1cccc(-c2n[nH]c3c2CCN(C(=O)CN(C)C(C)C)CC3)c1.O=C(O)C(F)(F)F.O=C(O)C(F)(F)F. The molecule has 2 heterocycles. The van der Waals surface area contributed by atoms with Crippen molar-refractivity contribution in [2.75, 3.05) is 33.8 Å². The second kappa shape index (κ2) is 15.4. The largest absolute Gasteiger partial charge is 0.490 e. The lowest BCUT2D eigenvalue weighted by molar-refractivity contribution is -0.193. The fourth-order valence-corrected chi connectivity index (χ4v) is 3.44. The lowest BCUT2D eigenvalue weighted by atomic mass is 10.0. The number of carboxylic acid groups (broad SMARTS) is 2. The molecule has 3 N–H and O–H groups in total. The van der Waals surface area contributed by atoms with Crippen LogP contribution in [-0.2, 0) is 38.6 Å². The monoisotopic (exact) mass is 598 g/mol. The highest BCUT2D eigenvalue weighted by Crippen LogP contribution is 2.27. The predicted molar refractivity (Wildman–Crippen MR) is 134 cm³/mol. The normalized spacial score (nSPS) is 13.4. The smallest absolute Gasteiger partial charge is 0.475 e. The number of nitrogens with one attached hydrogen (secondary N) is 1. The molecule has 41 heavy (non-hydrogen) atoms. The predicted octanol–water partition coefficient (Wildman–Crippen LogP) is 3.76. The Morgan fingerprint density at radius 2 is 1.59 bits per heavy atom. The van der Waals surface area contributed by atoms with E-state index in [0.29, 0.717) is 19.2 Å². The van der Waals surface area contributed by atoms with Crippen molar-refractivity contribution in [1.82, 2.24) is 20.0 Å². The number of benzene rings is 1. The first-order chi connectivity index (χ1) is 18.9. The topological polar surface area (TPSA) is 136 Å². The van der Waals surface area contributed by atoms with Gasteiger partial charge in [0.15, 0.2) is 0 Å². The number of H-pyrrole nitrogens is 1. The molecule has 0 radical (unpaired) electrons. The number of amides is 1. The molecule has 1 aromatic heterocycles. The number of rotatable bonds is 6. The molecule has 0 saturated carbocycles. The Kier molecular flexibility index (Phi) is 13.3. The van der Waals surface area contributed by atoms with E-state index in [1.165, 1.54) is 5.56 Å². The van der Waals surface area contributed by atoms with Crippen LogP contribution < -0.4 is 0 Å². The number of nitrogens with zero attached hydrogens (tertiary/aromatic N) is 3. The zero-order chi connectivity index (χ0) is 31.5. The number of methoxy groups -OCH3 is 1. The molecule has 2 aromatic rings. The summed E-state index contributed by atoms with van der Waals surface area (Å²) < 4.78 is 68.7. The first-order valence-corrected chi connectivity index (χ1v) is 12.1. The van der Waals surface area contributed by atoms with Crippen LogP contribution in [0.25, 0.3) is 11.3 Å². The van der Waals surface area contributed by atoms with E-state index in [0.717, 1.165) is 48.4 Å². The molecule has 230 valence electrons. The van der Waals surface area contributed by atoms with Gasteiger partial charge in [-0.1, -0.05) is 18.2 Å². The zero-order valence-corrected chi connectivity index (χ0v) is 22.8. The van der Waals surface area contributed by atoms with E-state index in [9.17, 15) is 31.1 Å². The van der Waals surface area contributed by atoms with Gasteiger partial charge in [-0.25, -0.2) is 9.59 Å². The van der Waals surface area contributed by atoms with Crippen molar-refractivity contribution >= 4 is 17.8 Å². The van der Waals surface area contributed by atoms with E-state index in [1.807, 2.05) is 18.0 Å². The second-order valence-corrected chi connectivity index (χ2v) is 9.16. The maximum Gasteiger partial charge on any atom is 0.490 e. The van der Waals surface area contributed by atoms with E-state index < -0.39 is 24.3 Å². The number of hydrogen-bond acceptors (Lipinski definition) is 6. The van der Waals surface area contributed by atoms with Crippen molar-refractivity contribution < 1.29 is 55.7 Å². The van der Waals surface area contributed by atoms with E-state index in [4.69, 9.17) is 24.5 Å². The standard InChI is InChI=1S/C21H30N4O2.2C2HF3O2/c1-15(2)24(3)13-20(26)25-10-8-18-19(9-11-25)22-23-21(18)17-7-5-6-16(12-17)14-27-4;2*3-2(4,5)1(6)7/h5-7,12,15H,8-11,13-14H2,1-4H3,(H,22,23);2*(H,6,7). The lowest BCUT2D eigenvalue weighted by Gasteiger charge is -2.26. The third kappa shape index (κ3) is 11.8. The fraction of sp³-hybridized carbons (Fsp3) is 0.520. The van der Waals surface area contributed by atoms with Crippen molar-refractivity contribution in [1.29, 1.82) is 0 Å². The Hall–Kier alpha value is -3.66. The third-order valence-corrected chi connectivity index (χ3v) is 5.83. The van der Waals surface area contributed by atoms with Gasteiger partial charge in [-0.2, -0.15) is 31.4 Å². The highest BCUT2D eigenvalue weighted by molar-refractivity contribution is 5.78. The number of aliphatic carboxylic acids is 2. The first kappa shape index (κ1) is 35.4. The molecule has 0 bridgehead atoms. The van der Waals surface area contributed by atoms with Crippen LogP contribution in [0.3, 0.4) is 0 Å². The Bertz CT molecular complexity index is 1140. The van der Waals surface area contributed by atoms with Crippen LogP contribution in [0.2, 0.25) is 0 Å². The van der Waals surface area contributed by atoms with Crippen LogP contribution in [-0.4, -0.2) is 100 Å². The van der Waals surface area contributed by atoms with Gasteiger partial charge in [0.2, 0.25) is 5.91 Å². The number of carbonyl (C=O) groups excluding carboxylic acids is 1. The van der Waals surface area contributed by atoms with Gasteiger partial charge in [0.1, 0.15) is 0 Å². The molecule has 1 aliphatic rings. The van der Waals surface area contributed by atoms with Gasteiger partial charge < -0.3 is 19.8 Å². The molecular weight excluding hydrogens is 566 g/mol. The molecule has 1 aliphatic heterocycles. The van der Waals surface area contributed by atoms with Crippen molar-refractivity contribution in [3.63, 3.8) is 0 Å². The van der Waals surface area contributed by atoms with E-state index >= 15 is 0 Å². The van der Waals surface area contributed by atoms with Crippen molar-refractivity contribution in [2.24, 2.45) is 0 Å². The average Bonchev–Trinajstić information content (AvgIpc) is 3.14. The van der Waals surface area contributed by atoms with Gasteiger partial charge in [0.05, 0.1) is 18.8 Å². The molecule has 10 nitrogen and oxygen atoms in total. The number of halogens is 6. The summed E-state index contributed by atoms with van der Waals surface area (Å²) in [6.45, 7) is 6.75. The van der Waals surface area contributed by atoms with Gasteiger partial charge in [0, 0.05) is 49.5 Å². The number of alkyl halides is 6. The summed E-state index contributed by atoms with van der Waals surface area (Å²) >= 11 is 0. The van der Waals surface area contributed by atoms with Crippen LogP contribution >= 0.6 is 0 Å². The van der Waals surface area contributed by atoms with Crippen molar-refractivity contribution in [2.45, 2.75) is 51.7 Å². The van der Waals surface area contributed by atoms with Gasteiger partial charge in [-0.05, 0) is 38.9 Å². The highest BCUT2D eigenvalue weighted by Gasteiger charge is 2.38. The van der Waals surface area contributed by atoms with Crippen LogP contribution in [0.15, 0.2) is 24.3 Å². The number of hydrogen-bond donors (Lipinski definition) is 3. The van der Waals surface area contributed by atoms with Gasteiger partial charge in [-0.3, -0.25) is 14.8 Å². The van der Waals surface area contributed by atoms with Crippen molar-refractivity contribution in [3.05, 3.63) is 41.1 Å². The van der Waals surface area contributed by atoms with Crippen LogP contribution in [0.5, 0.6) is 0 Å². The third-order valence-electron chi connectivity index (χ3n) is 5.83. The molecule has 0 aliphatic carbocycles. The number of aromatic nitrogens is 2. The zero-order valence-electron chi connectivity index (χ0n) is 22.8. The summed E-state index contributed by atoms with van der Waals surface area (Å²) in [5, 5.41) is 22.0. The second-order valence-electron chi connectivity index (χ2n) is 9.16. The minimum Gasteiger partial charge on any atom is -0.475 e. The van der Waals surface area contributed by atoms with Crippen LogP contribution in [0.4, 0.5) is 26.3 Å². The number of fused-ring (bicyclic) bond motifs is 1. The minimum absolute atomic E-state index is 0.202. The summed E-state index contributed by atoms with van der Waals surface area (Å²) in [6, 6.07) is 8.68. The maximum absolute atomic E-state index is 12.7. The summed E-state index contributed by atoms with van der Waals surface area (Å²) in [7, 11) is 3.70. The van der Waals surface area contributed by atoms with E-state index in [1.54, 1.807) is 7.11 Å². The lowest BCUT2D eigenvalue weighted by Crippen LogP contribution is -2.42. The summed E-state index contributed by atoms with van der Waals surface area (Å²) in [4.78, 5) is 34.5. The molecule has 0 atom stereocenters. The molecule has 0 saturated heterocycles. The Labute approximate surface area is 231 Å². The number of ether oxygens (including phenoxy) is 1.